The number of guanidine groups is 1. The smallest absolute Gasteiger partial charge is 0.221 e. The Morgan fingerprint density at radius 3 is 3.00 bits per heavy atom. The predicted octanol–water partition coefficient (Wildman–Crippen LogP) is -1.09. The second-order valence-corrected chi connectivity index (χ2v) is 3.72. The molecular weight excluding hydrogens is 206 g/mol. The zero-order chi connectivity index (χ0) is 11.5. The van der Waals surface area contributed by atoms with Crippen molar-refractivity contribution in [3.05, 3.63) is 12.3 Å². The molecule has 6 N–H and O–H groups in total. The molecule has 1 aliphatic rings. The van der Waals surface area contributed by atoms with Crippen LogP contribution in [0.1, 0.15) is 6.42 Å². The summed E-state index contributed by atoms with van der Waals surface area (Å²) < 4.78 is 0. The van der Waals surface area contributed by atoms with Gasteiger partial charge in [-0.3, -0.25) is 0 Å². The van der Waals surface area contributed by atoms with Gasteiger partial charge in [-0.2, -0.15) is 4.98 Å². The van der Waals surface area contributed by atoms with Gasteiger partial charge in [-0.05, 0) is 12.5 Å². The molecule has 0 radical (unpaired) electrons. The van der Waals surface area contributed by atoms with Crippen LogP contribution in [-0.4, -0.2) is 35.1 Å². The van der Waals surface area contributed by atoms with Crippen LogP contribution in [0, 0.1) is 0 Å². The molecule has 7 heteroatoms. The average Bonchev–Trinajstić information content (AvgIpc) is 2.65. The number of hydrogen-bond acceptors (Lipinski definition) is 5. The highest BCUT2D eigenvalue weighted by molar-refractivity contribution is 5.76. The maximum absolute atomic E-state index is 5.53. The van der Waals surface area contributed by atoms with Gasteiger partial charge in [0.05, 0.1) is 6.04 Å². The molecule has 0 bridgehead atoms. The number of aromatic nitrogens is 2. The summed E-state index contributed by atoms with van der Waals surface area (Å²) in [4.78, 5) is 14.2. The van der Waals surface area contributed by atoms with E-state index in [0.717, 1.165) is 25.3 Å². The van der Waals surface area contributed by atoms with Crippen LogP contribution in [0.3, 0.4) is 0 Å². The van der Waals surface area contributed by atoms with Crippen molar-refractivity contribution >= 4 is 17.7 Å². The Morgan fingerprint density at radius 2 is 2.31 bits per heavy atom. The summed E-state index contributed by atoms with van der Waals surface area (Å²) in [5, 5.41) is 0. The molecule has 7 nitrogen and oxygen atoms in total. The SMILES string of the molecule is NC(N)=NC1CCN(c2ccnc(N)n2)C1. The lowest BCUT2D eigenvalue weighted by atomic mass is 10.3. The molecule has 1 saturated heterocycles. The fraction of sp³-hybridized carbons (Fsp3) is 0.444. The van der Waals surface area contributed by atoms with Gasteiger partial charge in [-0.15, -0.1) is 0 Å². The van der Waals surface area contributed by atoms with Gasteiger partial charge in [-0.25, -0.2) is 9.98 Å². The van der Waals surface area contributed by atoms with Crippen LogP contribution in [-0.2, 0) is 0 Å². The van der Waals surface area contributed by atoms with E-state index >= 15 is 0 Å². The molecule has 1 fully saturated rings. The van der Waals surface area contributed by atoms with Crippen LogP contribution in [0.15, 0.2) is 17.3 Å². The minimum atomic E-state index is 0.133. The van der Waals surface area contributed by atoms with E-state index in [1.165, 1.54) is 0 Å². The van der Waals surface area contributed by atoms with Crippen molar-refractivity contribution in [1.82, 2.24) is 9.97 Å². The standard InChI is InChI=1S/C9H15N7/c10-8(11)14-6-2-4-16(5-6)7-1-3-13-9(12)15-7/h1,3,6H,2,4-5H2,(H4,10,11,14)(H2,12,13,15). The highest BCUT2D eigenvalue weighted by atomic mass is 15.2. The molecule has 2 rings (SSSR count). The van der Waals surface area contributed by atoms with Crippen molar-refractivity contribution in [2.45, 2.75) is 12.5 Å². The minimum absolute atomic E-state index is 0.133. The normalized spacial score (nSPS) is 19.8. The Bertz CT molecular complexity index is 399. The molecule has 1 aliphatic heterocycles. The molecule has 86 valence electrons. The highest BCUT2D eigenvalue weighted by Gasteiger charge is 2.23. The lowest BCUT2D eigenvalue weighted by molar-refractivity contribution is 0.750. The Kier molecular flexibility index (Phi) is 2.76. The number of rotatable bonds is 2. The molecule has 0 saturated carbocycles. The van der Waals surface area contributed by atoms with E-state index in [1.807, 2.05) is 6.07 Å². The number of hydrogen-bond donors (Lipinski definition) is 3. The molecule has 16 heavy (non-hydrogen) atoms. The van der Waals surface area contributed by atoms with Gasteiger partial charge < -0.3 is 22.1 Å². The third-order valence-corrected chi connectivity index (χ3v) is 2.48. The average molecular weight is 221 g/mol. The molecular formula is C9H15N7. The fourth-order valence-corrected chi connectivity index (χ4v) is 1.81. The number of nitrogens with two attached hydrogens (primary N) is 3. The second-order valence-electron chi connectivity index (χ2n) is 3.72. The van der Waals surface area contributed by atoms with Crippen molar-refractivity contribution in [2.75, 3.05) is 23.7 Å². The van der Waals surface area contributed by atoms with Gasteiger partial charge >= 0.3 is 0 Å². The summed E-state index contributed by atoms with van der Waals surface area (Å²) >= 11 is 0. The van der Waals surface area contributed by atoms with Crippen molar-refractivity contribution in [3.8, 4) is 0 Å². The Balaban J connectivity index is 2.06. The maximum atomic E-state index is 5.53. The van der Waals surface area contributed by atoms with E-state index in [1.54, 1.807) is 6.20 Å². The first-order valence-electron chi connectivity index (χ1n) is 5.07. The van der Waals surface area contributed by atoms with E-state index in [-0.39, 0.29) is 17.9 Å². The van der Waals surface area contributed by atoms with Gasteiger partial charge in [0.15, 0.2) is 5.96 Å². The summed E-state index contributed by atoms with van der Waals surface area (Å²) in [6.45, 7) is 1.63. The third kappa shape index (κ3) is 2.30. The van der Waals surface area contributed by atoms with Gasteiger partial charge in [0.2, 0.25) is 5.95 Å². The topological polar surface area (TPSA) is 119 Å². The third-order valence-electron chi connectivity index (χ3n) is 2.48. The van der Waals surface area contributed by atoms with E-state index in [9.17, 15) is 0 Å². The van der Waals surface area contributed by atoms with Crippen molar-refractivity contribution in [1.29, 1.82) is 0 Å². The molecule has 1 unspecified atom stereocenters. The number of anilines is 2. The van der Waals surface area contributed by atoms with E-state index in [0.29, 0.717) is 0 Å². The number of nitrogen functional groups attached to an aromatic ring is 1. The summed E-state index contributed by atoms with van der Waals surface area (Å²) in [5.74, 6) is 1.23. The molecule has 1 atom stereocenters. The first-order valence-corrected chi connectivity index (χ1v) is 5.07. The minimum Gasteiger partial charge on any atom is -0.370 e. The quantitative estimate of drug-likeness (QED) is 0.431. The zero-order valence-electron chi connectivity index (χ0n) is 8.87. The zero-order valence-corrected chi connectivity index (χ0v) is 8.87. The molecule has 0 spiro atoms. The van der Waals surface area contributed by atoms with Crippen LogP contribution in [0.4, 0.5) is 11.8 Å². The summed E-state index contributed by atoms with van der Waals surface area (Å²) in [7, 11) is 0. The monoisotopic (exact) mass is 221 g/mol. The number of nitrogens with zero attached hydrogens (tertiary/aromatic N) is 4. The lowest BCUT2D eigenvalue weighted by Gasteiger charge is -2.16. The second kappa shape index (κ2) is 4.21. The van der Waals surface area contributed by atoms with Crippen LogP contribution in [0.25, 0.3) is 0 Å². The molecule has 1 aromatic heterocycles. The molecule has 1 aromatic rings. The first-order chi connectivity index (χ1) is 7.65. The Hall–Kier alpha value is -2.05. The largest absolute Gasteiger partial charge is 0.370 e. The lowest BCUT2D eigenvalue weighted by Crippen LogP contribution is -2.27. The van der Waals surface area contributed by atoms with Gasteiger partial charge in [-0.1, -0.05) is 0 Å². The first kappa shape index (κ1) is 10.5. The summed E-state index contributed by atoms with van der Waals surface area (Å²) in [6, 6.07) is 1.97. The maximum Gasteiger partial charge on any atom is 0.221 e. The van der Waals surface area contributed by atoms with E-state index in [4.69, 9.17) is 17.2 Å². The van der Waals surface area contributed by atoms with E-state index < -0.39 is 0 Å². The van der Waals surface area contributed by atoms with Crippen LogP contribution in [0.5, 0.6) is 0 Å². The van der Waals surface area contributed by atoms with Gasteiger partial charge in [0.1, 0.15) is 5.82 Å². The predicted molar refractivity (Wildman–Crippen MR) is 62.9 cm³/mol. The summed E-state index contributed by atoms with van der Waals surface area (Å²) in [6.07, 6.45) is 2.56. The van der Waals surface area contributed by atoms with Gasteiger partial charge in [0.25, 0.3) is 0 Å². The fourth-order valence-electron chi connectivity index (χ4n) is 1.81. The van der Waals surface area contributed by atoms with Crippen molar-refractivity contribution < 1.29 is 0 Å². The molecule has 0 aliphatic carbocycles. The highest BCUT2D eigenvalue weighted by Crippen LogP contribution is 2.19. The van der Waals surface area contributed by atoms with Gasteiger partial charge in [0, 0.05) is 19.3 Å². The molecule has 0 amide bonds. The van der Waals surface area contributed by atoms with Crippen LogP contribution < -0.4 is 22.1 Å². The van der Waals surface area contributed by atoms with Crippen LogP contribution in [0.2, 0.25) is 0 Å². The van der Waals surface area contributed by atoms with Crippen molar-refractivity contribution in [3.63, 3.8) is 0 Å². The Morgan fingerprint density at radius 1 is 1.50 bits per heavy atom. The van der Waals surface area contributed by atoms with Crippen molar-refractivity contribution in [2.24, 2.45) is 16.5 Å². The molecule has 0 aromatic carbocycles. The van der Waals surface area contributed by atoms with E-state index in [2.05, 4.69) is 19.9 Å². The van der Waals surface area contributed by atoms with Crippen LogP contribution >= 0.6 is 0 Å². The Labute approximate surface area is 93.4 Å². The number of aliphatic imine (C=N–C) groups is 1. The summed E-state index contributed by atoms with van der Waals surface area (Å²) in [5.41, 5.74) is 16.2. The molecule has 2 heterocycles.